The molecule has 3 aromatic rings. The summed E-state index contributed by atoms with van der Waals surface area (Å²) >= 11 is 6.25. The summed E-state index contributed by atoms with van der Waals surface area (Å²) in [4.78, 5) is 29.0. The second-order valence-electron chi connectivity index (χ2n) is 9.63. The Labute approximate surface area is 224 Å². The van der Waals surface area contributed by atoms with Crippen molar-refractivity contribution in [3.63, 3.8) is 0 Å². The van der Waals surface area contributed by atoms with Crippen LogP contribution in [-0.4, -0.2) is 35.4 Å². The van der Waals surface area contributed by atoms with Gasteiger partial charge in [0.05, 0.1) is 0 Å². The smallest absolute Gasteiger partial charge is 0.261 e. The lowest BCUT2D eigenvalue weighted by Crippen LogP contribution is -2.53. The third-order valence-electron chi connectivity index (χ3n) is 6.91. The highest BCUT2D eigenvalue weighted by atomic mass is 35.5. The number of ether oxygens (including phenoxy) is 1. The highest BCUT2D eigenvalue weighted by Crippen LogP contribution is 2.21. The van der Waals surface area contributed by atoms with Gasteiger partial charge in [-0.2, -0.15) is 0 Å². The molecule has 1 aliphatic carbocycles. The summed E-state index contributed by atoms with van der Waals surface area (Å²) in [6, 6.07) is 24.5. The topological polar surface area (TPSA) is 58.6 Å². The van der Waals surface area contributed by atoms with Crippen molar-refractivity contribution in [2.24, 2.45) is 0 Å². The Kier molecular flexibility index (Phi) is 9.61. The standard InChI is InChI=1S/C31H35ClN2O3/c1-2-23-15-17-28(18-16-23)37-22-30(35)34(21-25-11-8-12-26(32)19-25)29(20-24-9-4-3-5-10-24)31(36)33-27-13-6-7-14-27/h3-5,8-12,15-19,27,29H,2,6-7,13-14,20-22H2,1H3,(H,33,36)/t29-/m0/s1. The van der Waals surface area contributed by atoms with Gasteiger partial charge < -0.3 is 15.0 Å². The fourth-order valence-electron chi connectivity index (χ4n) is 4.80. The third kappa shape index (κ3) is 7.83. The summed E-state index contributed by atoms with van der Waals surface area (Å²) in [7, 11) is 0. The number of nitrogens with zero attached hydrogens (tertiary/aromatic N) is 1. The van der Waals surface area contributed by atoms with Crippen molar-refractivity contribution in [1.82, 2.24) is 10.2 Å². The van der Waals surface area contributed by atoms with Gasteiger partial charge in [0.1, 0.15) is 11.8 Å². The van der Waals surface area contributed by atoms with Gasteiger partial charge in [-0.05, 0) is 60.2 Å². The molecule has 4 rings (SSSR count). The molecule has 0 aliphatic heterocycles. The maximum Gasteiger partial charge on any atom is 0.261 e. The lowest BCUT2D eigenvalue weighted by molar-refractivity contribution is -0.143. The minimum Gasteiger partial charge on any atom is -0.484 e. The number of amides is 2. The van der Waals surface area contributed by atoms with Gasteiger partial charge in [0.15, 0.2) is 6.61 Å². The lowest BCUT2D eigenvalue weighted by atomic mass is 10.0. The summed E-state index contributed by atoms with van der Waals surface area (Å²) < 4.78 is 5.87. The Hall–Kier alpha value is -3.31. The van der Waals surface area contributed by atoms with Crippen molar-refractivity contribution in [1.29, 1.82) is 0 Å². The first-order valence-electron chi connectivity index (χ1n) is 13.1. The predicted molar refractivity (Wildman–Crippen MR) is 148 cm³/mol. The normalized spacial score (nSPS) is 14.2. The Morgan fingerprint density at radius 1 is 0.946 bits per heavy atom. The maximum atomic E-state index is 13.7. The minimum atomic E-state index is -0.680. The first kappa shape index (κ1) is 26.7. The third-order valence-corrected chi connectivity index (χ3v) is 7.14. The molecule has 2 amide bonds. The van der Waals surface area contributed by atoms with E-state index in [0.29, 0.717) is 17.2 Å². The van der Waals surface area contributed by atoms with Crippen molar-refractivity contribution in [3.8, 4) is 5.75 Å². The zero-order chi connectivity index (χ0) is 26.0. The first-order valence-corrected chi connectivity index (χ1v) is 13.5. The van der Waals surface area contributed by atoms with Crippen LogP contribution in [0.5, 0.6) is 5.75 Å². The maximum absolute atomic E-state index is 13.7. The zero-order valence-corrected chi connectivity index (χ0v) is 22.1. The number of hydrogen-bond donors (Lipinski definition) is 1. The van der Waals surface area contributed by atoms with E-state index < -0.39 is 6.04 Å². The summed E-state index contributed by atoms with van der Waals surface area (Å²) in [6.07, 6.45) is 5.53. The van der Waals surface area contributed by atoms with Crippen LogP contribution in [0, 0.1) is 0 Å². The minimum absolute atomic E-state index is 0.126. The van der Waals surface area contributed by atoms with Crippen molar-refractivity contribution in [2.45, 2.75) is 64.1 Å². The van der Waals surface area contributed by atoms with E-state index in [2.05, 4.69) is 12.2 Å². The molecule has 1 saturated carbocycles. The number of aryl methyl sites for hydroxylation is 1. The average molecular weight is 519 g/mol. The number of hydrogen-bond acceptors (Lipinski definition) is 3. The molecule has 3 aromatic carbocycles. The number of nitrogens with one attached hydrogen (secondary N) is 1. The molecule has 1 fully saturated rings. The van der Waals surface area contributed by atoms with Gasteiger partial charge >= 0.3 is 0 Å². The number of carbonyl (C=O) groups excluding carboxylic acids is 2. The van der Waals surface area contributed by atoms with E-state index in [1.165, 1.54) is 5.56 Å². The first-order chi connectivity index (χ1) is 18.0. The SMILES string of the molecule is CCc1ccc(OCC(=O)N(Cc2cccc(Cl)c2)[C@@H](Cc2ccccc2)C(=O)NC2CCCC2)cc1. The molecule has 1 atom stereocenters. The van der Waals surface area contributed by atoms with E-state index in [9.17, 15) is 9.59 Å². The predicted octanol–water partition coefficient (Wildman–Crippen LogP) is 5.98. The van der Waals surface area contributed by atoms with E-state index in [1.807, 2.05) is 72.8 Å². The molecular formula is C31H35ClN2O3. The summed E-state index contributed by atoms with van der Waals surface area (Å²) in [5, 5.41) is 3.81. The molecule has 5 nitrogen and oxygen atoms in total. The van der Waals surface area contributed by atoms with E-state index in [1.54, 1.807) is 11.0 Å². The molecule has 37 heavy (non-hydrogen) atoms. The van der Waals surface area contributed by atoms with E-state index in [0.717, 1.165) is 43.2 Å². The van der Waals surface area contributed by atoms with Crippen molar-refractivity contribution in [2.75, 3.05) is 6.61 Å². The Morgan fingerprint density at radius 3 is 2.32 bits per heavy atom. The fraction of sp³-hybridized carbons (Fsp3) is 0.355. The molecular weight excluding hydrogens is 484 g/mol. The molecule has 1 aliphatic rings. The Morgan fingerprint density at radius 2 is 1.65 bits per heavy atom. The molecule has 0 saturated heterocycles. The van der Waals surface area contributed by atoms with Crippen molar-refractivity contribution >= 4 is 23.4 Å². The molecule has 6 heteroatoms. The van der Waals surface area contributed by atoms with Crippen LogP contribution in [0.2, 0.25) is 5.02 Å². The van der Waals surface area contributed by atoms with Crippen LogP contribution in [0.15, 0.2) is 78.9 Å². The van der Waals surface area contributed by atoms with Gasteiger partial charge in [0, 0.05) is 24.0 Å². The average Bonchev–Trinajstić information content (AvgIpc) is 3.43. The summed E-state index contributed by atoms with van der Waals surface area (Å²) in [6.45, 7) is 2.19. The molecule has 0 radical (unpaired) electrons. The monoisotopic (exact) mass is 518 g/mol. The van der Waals surface area contributed by atoms with Crippen molar-refractivity contribution in [3.05, 3.63) is 101 Å². The van der Waals surface area contributed by atoms with Gasteiger partial charge in [-0.25, -0.2) is 0 Å². The highest BCUT2D eigenvalue weighted by molar-refractivity contribution is 6.30. The second-order valence-corrected chi connectivity index (χ2v) is 10.1. The van der Waals surface area contributed by atoms with Crippen LogP contribution < -0.4 is 10.1 Å². The van der Waals surface area contributed by atoms with Crippen LogP contribution in [0.1, 0.15) is 49.3 Å². The molecule has 0 heterocycles. The second kappa shape index (κ2) is 13.3. The van der Waals surface area contributed by atoms with Crippen LogP contribution in [0.4, 0.5) is 0 Å². The van der Waals surface area contributed by atoms with Gasteiger partial charge in [-0.3, -0.25) is 9.59 Å². The lowest BCUT2D eigenvalue weighted by Gasteiger charge is -2.32. The molecule has 0 bridgehead atoms. The molecule has 0 unspecified atom stereocenters. The van der Waals surface area contributed by atoms with Crippen LogP contribution in [0.25, 0.3) is 0 Å². The summed E-state index contributed by atoms with van der Waals surface area (Å²) in [5.41, 5.74) is 3.06. The summed E-state index contributed by atoms with van der Waals surface area (Å²) in [5.74, 6) is 0.253. The largest absolute Gasteiger partial charge is 0.484 e. The van der Waals surface area contributed by atoms with Gasteiger partial charge in [0.2, 0.25) is 5.91 Å². The van der Waals surface area contributed by atoms with Gasteiger partial charge in [0.25, 0.3) is 5.91 Å². The van der Waals surface area contributed by atoms with Crippen LogP contribution >= 0.6 is 11.6 Å². The zero-order valence-electron chi connectivity index (χ0n) is 21.4. The Bertz CT molecular complexity index is 1160. The molecule has 1 N–H and O–H groups in total. The van der Waals surface area contributed by atoms with E-state index in [-0.39, 0.29) is 31.0 Å². The highest BCUT2D eigenvalue weighted by Gasteiger charge is 2.32. The Balaban J connectivity index is 1.59. The van der Waals surface area contributed by atoms with Crippen LogP contribution in [0.3, 0.4) is 0 Å². The number of benzene rings is 3. The molecule has 194 valence electrons. The molecule has 0 aromatic heterocycles. The van der Waals surface area contributed by atoms with Crippen LogP contribution in [-0.2, 0) is 29.0 Å². The number of rotatable bonds is 11. The quantitative estimate of drug-likeness (QED) is 0.339. The fourth-order valence-corrected chi connectivity index (χ4v) is 5.02. The number of carbonyl (C=O) groups is 2. The molecule has 0 spiro atoms. The van der Waals surface area contributed by atoms with Gasteiger partial charge in [-0.15, -0.1) is 0 Å². The van der Waals surface area contributed by atoms with Crippen molar-refractivity contribution < 1.29 is 14.3 Å². The number of halogens is 1. The van der Waals surface area contributed by atoms with E-state index in [4.69, 9.17) is 16.3 Å². The van der Waals surface area contributed by atoms with E-state index >= 15 is 0 Å². The van der Waals surface area contributed by atoms with Gasteiger partial charge in [-0.1, -0.05) is 86.0 Å².